The van der Waals surface area contributed by atoms with Gasteiger partial charge in [0, 0.05) is 10.6 Å². The topological polar surface area (TPSA) is 38.9 Å². The van der Waals surface area contributed by atoms with Crippen molar-refractivity contribution < 1.29 is 26.4 Å². The zero-order valence-electron chi connectivity index (χ0n) is 10.9. The first-order valence-electron chi connectivity index (χ1n) is 6.01. The Balaban J connectivity index is 2.13. The molecule has 0 aliphatic rings. The van der Waals surface area contributed by atoms with E-state index in [1.54, 1.807) is 0 Å². The Morgan fingerprint density at radius 3 is 1.74 bits per heavy atom. The second-order valence-electron chi connectivity index (χ2n) is 4.36. The minimum Gasteiger partial charge on any atom is -0.416 e. The zero-order chi connectivity index (χ0) is 16.7. The summed E-state index contributed by atoms with van der Waals surface area (Å²) in [6.45, 7) is 0. The summed E-state index contributed by atoms with van der Waals surface area (Å²) in [7, 11) is 0. The molecule has 0 saturated heterocycles. The summed E-state index contributed by atoms with van der Waals surface area (Å²) in [6.07, 6.45) is 0. The fourth-order valence-corrected chi connectivity index (χ4v) is 1.95. The molecular formula is C14H4ClF5N2O. The zero-order valence-corrected chi connectivity index (χ0v) is 11.6. The molecule has 0 aliphatic heterocycles. The van der Waals surface area contributed by atoms with Gasteiger partial charge < -0.3 is 4.42 Å². The van der Waals surface area contributed by atoms with Gasteiger partial charge in [-0.2, -0.15) is 0 Å². The van der Waals surface area contributed by atoms with Gasteiger partial charge in [-0.05, 0) is 24.3 Å². The van der Waals surface area contributed by atoms with Crippen LogP contribution in [0.2, 0.25) is 5.02 Å². The van der Waals surface area contributed by atoms with E-state index < -0.39 is 40.5 Å². The summed E-state index contributed by atoms with van der Waals surface area (Å²) in [4.78, 5) is 0. The monoisotopic (exact) mass is 346 g/mol. The summed E-state index contributed by atoms with van der Waals surface area (Å²) in [6, 6.07) is 5.97. The van der Waals surface area contributed by atoms with Crippen molar-refractivity contribution in [1.82, 2.24) is 10.2 Å². The predicted octanol–water partition coefficient (Wildman–Crippen LogP) is 4.75. The van der Waals surface area contributed by atoms with Crippen LogP contribution in [0, 0.1) is 29.1 Å². The van der Waals surface area contributed by atoms with Crippen LogP contribution < -0.4 is 0 Å². The van der Waals surface area contributed by atoms with E-state index in [1.807, 2.05) is 0 Å². The SMILES string of the molecule is Fc1c(F)c(F)c(-c2nnc(-c3ccc(Cl)cc3)o2)c(F)c1F. The van der Waals surface area contributed by atoms with Gasteiger partial charge >= 0.3 is 0 Å². The first kappa shape index (κ1) is 15.4. The molecule has 2 aromatic carbocycles. The van der Waals surface area contributed by atoms with Crippen LogP contribution in [0.1, 0.15) is 0 Å². The lowest BCUT2D eigenvalue weighted by Gasteiger charge is -2.04. The van der Waals surface area contributed by atoms with Crippen LogP contribution in [0.4, 0.5) is 22.0 Å². The summed E-state index contributed by atoms with van der Waals surface area (Å²) >= 11 is 5.71. The number of nitrogens with zero attached hydrogens (tertiary/aromatic N) is 2. The third-order valence-electron chi connectivity index (χ3n) is 2.94. The molecular weight excluding hydrogens is 343 g/mol. The van der Waals surface area contributed by atoms with E-state index in [1.165, 1.54) is 24.3 Å². The molecule has 0 bridgehead atoms. The number of hydrogen-bond donors (Lipinski definition) is 0. The lowest BCUT2D eigenvalue weighted by molar-refractivity contribution is 0.378. The fourth-order valence-electron chi connectivity index (χ4n) is 1.83. The number of hydrogen-bond acceptors (Lipinski definition) is 3. The smallest absolute Gasteiger partial charge is 0.254 e. The molecule has 0 radical (unpaired) electrons. The molecule has 3 rings (SSSR count). The maximum Gasteiger partial charge on any atom is 0.254 e. The highest BCUT2D eigenvalue weighted by Gasteiger charge is 2.29. The van der Waals surface area contributed by atoms with Crippen molar-refractivity contribution in [3.63, 3.8) is 0 Å². The van der Waals surface area contributed by atoms with E-state index in [-0.39, 0.29) is 5.89 Å². The van der Waals surface area contributed by atoms with E-state index in [4.69, 9.17) is 16.0 Å². The van der Waals surface area contributed by atoms with Gasteiger partial charge in [0.2, 0.25) is 11.7 Å². The van der Waals surface area contributed by atoms with E-state index in [2.05, 4.69) is 10.2 Å². The molecule has 0 fully saturated rings. The van der Waals surface area contributed by atoms with Crippen molar-refractivity contribution >= 4 is 11.6 Å². The van der Waals surface area contributed by atoms with Gasteiger partial charge in [-0.15, -0.1) is 10.2 Å². The molecule has 0 spiro atoms. The molecule has 23 heavy (non-hydrogen) atoms. The Morgan fingerprint density at radius 1 is 0.696 bits per heavy atom. The highest BCUT2D eigenvalue weighted by Crippen LogP contribution is 2.32. The second kappa shape index (κ2) is 5.62. The highest BCUT2D eigenvalue weighted by atomic mass is 35.5. The van der Waals surface area contributed by atoms with Gasteiger partial charge in [-0.25, -0.2) is 22.0 Å². The molecule has 0 N–H and O–H groups in total. The van der Waals surface area contributed by atoms with Gasteiger partial charge in [0.1, 0.15) is 5.56 Å². The van der Waals surface area contributed by atoms with Crippen molar-refractivity contribution in [2.24, 2.45) is 0 Å². The van der Waals surface area contributed by atoms with Gasteiger partial charge in [-0.3, -0.25) is 0 Å². The van der Waals surface area contributed by atoms with E-state index in [9.17, 15) is 22.0 Å². The van der Waals surface area contributed by atoms with Gasteiger partial charge in [0.05, 0.1) is 0 Å². The molecule has 0 unspecified atom stereocenters. The Bertz CT molecular complexity index is 866. The maximum atomic E-state index is 13.7. The van der Waals surface area contributed by atoms with E-state index in [0.717, 1.165) is 0 Å². The minimum absolute atomic E-state index is 0.166. The summed E-state index contributed by atoms with van der Waals surface area (Å²) in [5.41, 5.74) is -0.925. The van der Waals surface area contributed by atoms with E-state index in [0.29, 0.717) is 10.6 Å². The Morgan fingerprint density at radius 2 is 1.17 bits per heavy atom. The minimum atomic E-state index is -2.26. The van der Waals surface area contributed by atoms with E-state index >= 15 is 0 Å². The number of benzene rings is 2. The van der Waals surface area contributed by atoms with Crippen LogP contribution in [-0.2, 0) is 0 Å². The Labute approximate surface area is 130 Å². The van der Waals surface area contributed by atoms with Crippen molar-refractivity contribution in [3.05, 3.63) is 58.4 Å². The van der Waals surface area contributed by atoms with Gasteiger partial charge in [0.15, 0.2) is 23.3 Å². The standard InChI is InChI=1S/C14H4ClF5N2O/c15-6-3-1-5(2-4-6)13-21-22-14(23-13)7-8(16)10(18)12(20)11(19)9(7)17/h1-4H. The Hall–Kier alpha value is -2.48. The Kier molecular flexibility index (Phi) is 3.77. The van der Waals surface area contributed by atoms with Crippen LogP contribution in [0.15, 0.2) is 28.7 Å². The van der Waals surface area contributed by atoms with Crippen molar-refractivity contribution in [2.45, 2.75) is 0 Å². The molecule has 3 aromatic rings. The molecule has 0 atom stereocenters. The molecule has 9 heteroatoms. The van der Waals surface area contributed by atoms with Crippen molar-refractivity contribution in [2.75, 3.05) is 0 Å². The van der Waals surface area contributed by atoms with Crippen molar-refractivity contribution in [1.29, 1.82) is 0 Å². The summed E-state index contributed by atoms with van der Waals surface area (Å²) < 4.78 is 71.8. The highest BCUT2D eigenvalue weighted by molar-refractivity contribution is 6.30. The first-order chi connectivity index (χ1) is 10.9. The quantitative estimate of drug-likeness (QED) is 0.382. The van der Waals surface area contributed by atoms with Crippen LogP contribution in [0.25, 0.3) is 22.9 Å². The molecule has 3 nitrogen and oxygen atoms in total. The van der Waals surface area contributed by atoms with Crippen molar-refractivity contribution in [3.8, 4) is 22.9 Å². The lowest BCUT2D eigenvalue weighted by atomic mass is 10.1. The second-order valence-corrected chi connectivity index (χ2v) is 4.80. The number of halogens is 6. The molecule has 0 saturated carbocycles. The maximum absolute atomic E-state index is 13.7. The normalized spacial score (nSPS) is 11.0. The molecule has 1 aromatic heterocycles. The van der Waals surface area contributed by atoms with Crippen LogP contribution in [0.3, 0.4) is 0 Å². The largest absolute Gasteiger partial charge is 0.416 e. The average molecular weight is 347 g/mol. The lowest BCUT2D eigenvalue weighted by Crippen LogP contribution is -2.04. The van der Waals surface area contributed by atoms with Gasteiger partial charge in [-0.1, -0.05) is 11.6 Å². The third-order valence-corrected chi connectivity index (χ3v) is 3.19. The fraction of sp³-hybridized carbons (Fsp3) is 0. The molecule has 118 valence electrons. The van der Waals surface area contributed by atoms with Crippen LogP contribution >= 0.6 is 11.6 Å². The number of rotatable bonds is 2. The average Bonchev–Trinajstić information content (AvgIpc) is 3.01. The molecule has 0 aliphatic carbocycles. The molecule has 0 amide bonds. The summed E-state index contributed by atoms with van der Waals surface area (Å²) in [5.74, 6) is -11.5. The van der Waals surface area contributed by atoms with Crippen LogP contribution in [-0.4, -0.2) is 10.2 Å². The predicted molar refractivity (Wildman–Crippen MR) is 70.0 cm³/mol. The molecule has 1 heterocycles. The summed E-state index contributed by atoms with van der Waals surface area (Å²) in [5, 5.41) is 7.28. The number of aromatic nitrogens is 2. The van der Waals surface area contributed by atoms with Gasteiger partial charge in [0.25, 0.3) is 5.89 Å². The van der Waals surface area contributed by atoms with Crippen LogP contribution in [0.5, 0.6) is 0 Å². The third kappa shape index (κ3) is 2.55. The first-order valence-corrected chi connectivity index (χ1v) is 6.39.